The molecule has 0 saturated carbocycles. The van der Waals surface area contributed by atoms with Gasteiger partial charge >= 0.3 is 0 Å². The van der Waals surface area contributed by atoms with Gasteiger partial charge in [0.05, 0.1) is 0 Å². The first kappa shape index (κ1) is 11.4. The Labute approximate surface area is 87.9 Å². The van der Waals surface area contributed by atoms with Gasteiger partial charge in [0.2, 0.25) is 0 Å². The van der Waals surface area contributed by atoms with Crippen molar-refractivity contribution in [2.45, 2.75) is 20.3 Å². The van der Waals surface area contributed by atoms with E-state index >= 15 is 0 Å². The fraction of sp³-hybridized carbons (Fsp3) is 0.455. The van der Waals surface area contributed by atoms with E-state index in [1.165, 1.54) is 18.2 Å². The molecule has 0 unspecified atom stereocenters. The first-order chi connectivity index (χ1) is 6.46. The highest BCUT2D eigenvalue weighted by atomic mass is 35.5. The van der Waals surface area contributed by atoms with Gasteiger partial charge in [-0.05, 0) is 24.0 Å². The van der Waals surface area contributed by atoms with Gasteiger partial charge in [0, 0.05) is 11.4 Å². The SMILES string of the molecule is CC(C)(CCl)Cc1c(F)cccc1F. The van der Waals surface area contributed by atoms with Crippen molar-refractivity contribution in [3.05, 3.63) is 35.4 Å². The van der Waals surface area contributed by atoms with Gasteiger partial charge in [-0.2, -0.15) is 0 Å². The number of alkyl halides is 1. The molecule has 0 aliphatic heterocycles. The lowest BCUT2D eigenvalue weighted by Crippen LogP contribution is -2.18. The molecule has 0 aliphatic rings. The van der Waals surface area contributed by atoms with Crippen LogP contribution in [0.2, 0.25) is 0 Å². The van der Waals surface area contributed by atoms with E-state index in [0.717, 1.165) is 0 Å². The summed E-state index contributed by atoms with van der Waals surface area (Å²) in [6.07, 6.45) is 0.314. The van der Waals surface area contributed by atoms with Crippen molar-refractivity contribution in [2.24, 2.45) is 5.41 Å². The molecular weight excluding hydrogens is 206 g/mol. The number of rotatable bonds is 3. The zero-order chi connectivity index (χ0) is 10.8. The lowest BCUT2D eigenvalue weighted by Gasteiger charge is -2.21. The number of benzene rings is 1. The van der Waals surface area contributed by atoms with Gasteiger partial charge in [-0.25, -0.2) is 8.78 Å². The minimum atomic E-state index is -0.497. The summed E-state index contributed by atoms with van der Waals surface area (Å²) in [5.41, 5.74) is -0.164. The summed E-state index contributed by atoms with van der Waals surface area (Å²) in [6, 6.07) is 3.90. The third kappa shape index (κ3) is 2.68. The molecular formula is C11H13ClF2. The Hall–Kier alpha value is -0.630. The highest BCUT2D eigenvalue weighted by Gasteiger charge is 2.21. The second-order valence-corrected chi connectivity index (χ2v) is 4.44. The van der Waals surface area contributed by atoms with Gasteiger partial charge in [0.25, 0.3) is 0 Å². The molecule has 0 fully saturated rings. The quantitative estimate of drug-likeness (QED) is 0.678. The summed E-state index contributed by atoms with van der Waals surface area (Å²) in [7, 11) is 0. The fourth-order valence-electron chi connectivity index (χ4n) is 1.23. The Morgan fingerprint density at radius 2 is 1.71 bits per heavy atom. The first-order valence-corrected chi connectivity index (χ1v) is 4.98. The lowest BCUT2D eigenvalue weighted by molar-refractivity contribution is 0.397. The molecule has 0 bridgehead atoms. The summed E-state index contributed by atoms with van der Waals surface area (Å²) >= 11 is 5.70. The van der Waals surface area contributed by atoms with Gasteiger partial charge in [-0.1, -0.05) is 19.9 Å². The van der Waals surface area contributed by atoms with Crippen LogP contribution < -0.4 is 0 Å². The van der Waals surface area contributed by atoms with Gasteiger partial charge in [0.1, 0.15) is 11.6 Å². The summed E-state index contributed by atoms with van der Waals surface area (Å²) in [6.45, 7) is 3.76. The van der Waals surface area contributed by atoms with Crippen LogP contribution in [0.4, 0.5) is 8.78 Å². The van der Waals surface area contributed by atoms with E-state index in [4.69, 9.17) is 11.6 Å². The maximum Gasteiger partial charge on any atom is 0.129 e. The van der Waals surface area contributed by atoms with Crippen molar-refractivity contribution < 1.29 is 8.78 Å². The van der Waals surface area contributed by atoms with Gasteiger partial charge in [0.15, 0.2) is 0 Å². The van der Waals surface area contributed by atoms with Crippen molar-refractivity contribution in [1.82, 2.24) is 0 Å². The van der Waals surface area contributed by atoms with E-state index in [1.54, 1.807) is 0 Å². The van der Waals surface area contributed by atoms with Crippen LogP contribution in [-0.2, 0) is 6.42 Å². The van der Waals surface area contributed by atoms with Crippen molar-refractivity contribution in [2.75, 3.05) is 5.88 Å². The second kappa shape index (κ2) is 4.26. The van der Waals surface area contributed by atoms with Crippen molar-refractivity contribution in [3.63, 3.8) is 0 Å². The molecule has 1 aromatic carbocycles. The van der Waals surface area contributed by atoms with Crippen LogP contribution in [0.1, 0.15) is 19.4 Å². The van der Waals surface area contributed by atoms with Gasteiger partial charge in [-0.3, -0.25) is 0 Å². The van der Waals surface area contributed by atoms with Gasteiger partial charge < -0.3 is 0 Å². The van der Waals surface area contributed by atoms with Gasteiger partial charge in [-0.15, -0.1) is 11.6 Å². The maximum atomic E-state index is 13.2. The summed E-state index contributed by atoms with van der Waals surface area (Å²) in [5.74, 6) is -0.618. The predicted octanol–water partition coefficient (Wildman–Crippen LogP) is 3.77. The Bertz CT molecular complexity index is 301. The molecule has 0 atom stereocenters. The van der Waals surface area contributed by atoms with E-state index in [-0.39, 0.29) is 11.0 Å². The zero-order valence-corrected chi connectivity index (χ0v) is 9.04. The molecule has 0 heterocycles. The third-order valence-electron chi connectivity index (χ3n) is 2.08. The molecule has 14 heavy (non-hydrogen) atoms. The smallest absolute Gasteiger partial charge is 0.129 e. The molecule has 0 spiro atoms. The van der Waals surface area contributed by atoms with Crippen LogP contribution in [0.5, 0.6) is 0 Å². The van der Waals surface area contributed by atoms with E-state index in [0.29, 0.717) is 12.3 Å². The number of hydrogen-bond donors (Lipinski definition) is 0. The highest BCUT2D eigenvalue weighted by molar-refractivity contribution is 6.18. The molecule has 0 aliphatic carbocycles. The molecule has 1 rings (SSSR count). The molecule has 0 radical (unpaired) electrons. The van der Waals surface area contributed by atoms with E-state index in [2.05, 4.69) is 0 Å². The van der Waals surface area contributed by atoms with Crippen LogP contribution >= 0.6 is 11.6 Å². The largest absolute Gasteiger partial charge is 0.207 e. The Morgan fingerprint density at radius 1 is 1.21 bits per heavy atom. The lowest BCUT2D eigenvalue weighted by atomic mass is 9.87. The molecule has 1 aromatic rings. The summed E-state index contributed by atoms with van der Waals surface area (Å²) in [5, 5.41) is 0. The minimum absolute atomic E-state index is 0.123. The number of hydrogen-bond acceptors (Lipinski definition) is 0. The monoisotopic (exact) mass is 218 g/mol. The molecule has 0 saturated heterocycles. The fourth-order valence-corrected chi connectivity index (χ4v) is 1.32. The van der Waals surface area contributed by atoms with Crippen LogP contribution in [-0.4, -0.2) is 5.88 Å². The van der Waals surface area contributed by atoms with Crippen LogP contribution in [0, 0.1) is 17.0 Å². The van der Waals surface area contributed by atoms with Crippen LogP contribution in [0.15, 0.2) is 18.2 Å². The predicted molar refractivity (Wildman–Crippen MR) is 54.6 cm³/mol. The molecule has 0 aromatic heterocycles. The normalized spacial score (nSPS) is 11.8. The molecule has 0 nitrogen and oxygen atoms in total. The average molecular weight is 219 g/mol. The Kier molecular flexibility index (Phi) is 3.48. The molecule has 78 valence electrons. The molecule has 0 amide bonds. The average Bonchev–Trinajstić information content (AvgIpc) is 2.12. The zero-order valence-electron chi connectivity index (χ0n) is 8.28. The first-order valence-electron chi connectivity index (χ1n) is 4.45. The number of halogens is 3. The van der Waals surface area contributed by atoms with Crippen molar-refractivity contribution in [1.29, 1.82) is 0 Å². The topological polar surface area (TPSA) is 0 Å². The maximum absolute atomic E-state index is 13.2. The highest BCUT2D eigenvalue weighted by Crippen LogP contribution is 2.26. The molecule has 0 N–H and O–H groups in total. The van der Waals surface area contributed by atoms with E-state index in [9.17, 15) is 8.78 Å². The van der Waals surface area contributed by atoms with Crippen LogP contribution in [0.3, 0.4) is 0 Å². The van der Waals surface area contributed by atoms with Crippen molar-refractivity contribution >= 4 is 11.6 Å². The standard InChI is InChI=1S/C11H13ClF2/c1-11(2,7-12)6-8-9(13)4-3-5-10(8)14/h3-5H,6-7H2,1-2H3. The van der Waals surface area contributed by atoms with Crippen molar-refractivity contribution in [3.8, 4) is 0 Å². The summed E-state index contributed by atoms with van der Waals surface area (Å²) in [4.78, 5) is 0. The van der Waals surface area contributed by atoms with E-state index < -0.39 is 11.6 Å². The summed E-state index contributed by atoms with van der Waals surface area (Å²) < 4.78 is 26.5. The second-order valence-electron chi connectivity index (χ2n) is 4.17. The third-order valence-corrected chi connectivity index (χ3v) is 2.80. The minimum Gasteiger partial charge on any atom is -0.207 e. The van der Waals surface area contributed by atoms with Crippen LogP contribution in [0.25, 0.3) is 0 Å². The Morgan fingerprint density at radius 3 is 2.14 bits per heavy atom. The Balaban J connectivity index is 2.97. The van der Waals surface area contributed by atoms with E-state index in [1.807, 2.05) is 13.8 Å². The molecule has 3 heteroatoms.